The van der Waals surface area contributed by atoms with Gasteiger partial charge in [0, 0.05) is 25.7 Å². The van der Waals surface area contributed by atoms with E-state index in [1.165, 1.54) is 161 Å². The summed E-state index contributed by atoms with van der Waals surface area (Å²) in [5, 5.41) is 10.6. The molecule has 0 aromatic carbocycles. The van der Waals surface area contributed by atoms with Gasteiger partial charge in [0.05, 0.1) is 26.4 Å². The van der Waals surface area contributed by atoms with E-state index in [1.807, 2.05) is 0 Å². The van der Waals surface area contributed by atoms with E-state index in [0.717, 1.165) is 115 Å². The first-order chi connectivity index (χ1) is 42.9. The summed E-state index contributed by atoms with van der Waals surface area (Å²) in [6.07, 6.45) is 47.4. The van der Waals surface area contributed by atoms with Crippen LogP contribution in [0.1, 0.15) is 356 Å². The first-order valence-corrected chi connectivity index (χ1v) is 39.5. The minimum absolute atomic E-state index is 0.103. The second-order valence-corrected chi connectivity index (χ2v) is 28.9. The topological polar surface area (TPSA) is 237 Å². The molecule has 528 valence electrons. The van der Waals surface area contributed by atoms with Crippen LogP contribution >= 0.6 is 15.6 Å². The van der Waals surface area contributed by atoms with Gasteiger partial charge in [0.15, 0.2) is 12.2 Å². The van der Waals surface area contributed by atoms with E-state index in [2.05, 4.69) is 41.5 Å². The molecule has 0 radical (unpaired) electrons. The van der Waals surface area contributed by atoms with Crippen LogP contribution in [0, 0.1) is 11.8 Å². The van der Waals surface area contributed by atoms with Crippen LogP contribution in [0.5, 0.6) is 0 Å². The summed E-state index contributed by atoms with van der Waals surface area (Å²) in [4.78, 5) is 72.4. The van der Waals surface area contributed by atoms with Crippen LogP contribution < -0.4 is 0 Å². The van der Waals surface area contributed by atoms with E-state index in [1.54, 1.807) is 0 Å². The van der Waals surface area contributed by atoms with Gasteiger partial charge >= 0.3 is 39.5 Å². The number of carbonyl (C=O) groups excluding carboxylic acids is 4. The zero-order chi connectivity index (χ0) is 65.7. The minimum atomic E-state index is -4.95. The van der Waals surface area contributed by atoms with Crippen molar-refractivity contribution < 1.29 is 80.2 Å². The third-order valence-corrected chi connectivity index (χ3v) is 18.5. The normalized spacial score (nSPS) is 14.4. The van der Waals surface area contributed by atoms with E-state index in [-0.39, 0.29) is 25.7 Å². The number of aliphatic hydroxyl groups is 1. The number of phosphoric ester groups is 2. The lowest BCUT2D eigenvalue weighted by molar-refractivity contribution is -0.161. The summed E-state index contributed by atoms with van der Waals surface area (Å²) in [6.45, 7) is 9.47. The molecule has 19 heteroatoms. The van der Waals surface area contributed by atoms with Crippen LogP contribution in [0.2, 0.25) is 0 Å². The number of hydrogen-bond acceptors (Lipinski definition) is 15. The molecular weight excluding hydrogens is 1170 g/mol. The average molecular weight is 1310 g/mol. The molecule has 0 bridgehead atoms. The fourth-order valence-electron chi connectivity index (χ4n) is 10.6. The number of ether oxygens (including phenoxy) is 4. The third kappa shape index (κ3) is 63.2. The SMILES string of the molecule is CCCCCCCCCCCCCCCCCCCC(=O)O[C@H](COC(=O)CCCCCCCCCCCCCCC(C)C)COP(=O)(O)OC[C@@H](O)COP(=O)(O)OC[C@@H](COC(=O)CCCCCCCCC)OC(=O)CCCCCCCCC(C)CC. The van der Waals surface area contributed by atoms with Gasteiger partial charge in [-0.1, -0.05) is 305 Å². The molecule has 3 unspecified atom stereocenters. The summed E-state index contributed by atoms with van der Waals surface area (Å²) >= 11 is 0. The molecule has 0 rings (SSSR count). The average Bonchev–Trinajstić information content (AvgIpc) is 3.72. The van der Waals surface area contributed by atoms with Crippen LogP contribution in [0.25, 0.3) is 0 Å². The first kappa shape index (κ1) is 87.1. The Balaban J connectivity index is 5.20. The molecule has 0 fully saturated rings. The molecule has 0 aliphatic heterocycles. The van der Waals surface area contributed by atoms with Gasteiger partial charge in [-0.3, -0.25) is 37.3 Å². The predicted octanol–water partition coefficient (Wildman–Crippen LogP) is 20.0. The maximum Gasteiger partial charge on any atom is 0.472 e. The monoisotopic (exact) mass is 1310 g/mol. The fourth-order valence-corrected chi connectivity index (χ4v) is 12.1. The maximum atomic E-state index is 13.0. The van der Waals surface area contributed by atoms with E-state index in [9.17, 15) is 43.2 Å². The molecule has 0 aliphatic rings. The molecule has 89 heavy (non-hydrogen) atoms. The Kier molecular flexibility index (Phi) is 60.8. The molecule has 0 spiro atoms. The molecule has 6 atom stereocenters. The van der Waals surface area contributed by atoms with Crippen molar-refractivity contribution in [2.75, 3.05) is 39.6 Å². The standard InChI is InChI=1S/C70H136O17P2/c1-7-10-12-14-16-17-18-19-20-21-22-23-28-31-35-42-48-54-69(74)86-65(59-81-68(73)53-47-41-34-30-27-25-24-26-29-33-38-44-50-62(4)5)60-84-88(76,77)82-56-64(71)57-83-89(78,79)85-61-66(58-80-67(72)52-46-40-32-15-13-11-8-2)87-70(75)55-49-43-37-36-39-45-51-63(6)9-3/h62-66,71H,7-61H2,1-6H3,(H,76,77)(H,78,79)/t63?,64-,65-,66-/m1/s1. The summed E-state index contributed by atoms with van der Waals surface area (Å²) in [6, 6.07) is 0. The van der Waals surface area contributed by atoms with Gasteiger partial charge in [-0.25, -0.2) is 9.13 Å². The quantitative estimate of drug-likeness (QED) is 0.0222. The van der Waals surface area contributed by atoms with E-state index in [4.69, 9.17) is 37.0 Å². The van der Waals surface area contributed by atoms with Crippen molar-refractivity contribution in [1.82, 2.24) is 0 Å². The highest BCUT2D eigenvalue weighted by molar-refractivity contribution is 7.47. The van der Waals surface area contributed by atoms with Crippen molar-refractivity contribution in [2.45, 2.75) is 374 Å². The zero-order valence-electron chi connectivity index (χ0n) is 57.7. The van der Waals surface area contributed by atoms with Crippen molar-refractivity contribution in [3.63, 3.8) is 0 Å². The van der Waals surface area contributed by atoms with Gasteiger partial charge in [-0.2, -0.15) is 0 Å². The highest BCUT2D eigenvalue weighted by Crippen LogP contribution is 2.45. The van der Waals surface area contributed by atoms with Gasteiger partial charge in [0.1, 0.15) is 19.3 Å². The Bertz CT molecular complexity index is 1740. The highest BCUT2D eigenvalue weighted by Gasteiger charge is 2.30. The molecular formula is C70H136O17P2. The molecule has 0 aliphatic carbocycles. The lowest BCUT2D eigenvalue weighted by Gasteiger charge is -2.21. The number of esters is 4. The van der Waals surface area contributed by atoms with Crippen molar-refractivity contribution in [3.8, 4) is 0 Å². The van der Waals surface area contributed by atoms with Crippen LogP contribution in [-0.4, -0.2) is 96.7 Å². The predicted molar refractivity (Wildman–Crippen MR) is 358 cm³/mol. The number of carbonyl (C=O) groups is 4. The van der Waals surface area contributed by atoms with Crippen LogP contribution in [0.15, 0.2) is 0 Å². The number of rotatable bonds is 69. The van der Waals surface area contributed by atoms with Crippen molar-refractivity contribution in [1.29, 1.82) is 0 Å². The second-order valence-electron chi connectivity index (χ2n) is 26.0. The zero-order valence-corrected chi connectivity index (χ0v) is 59.5. The molecule has 0 heterocycles. The van der Waals surface area contributed by atoms with Gasteiger partial charge in [0.25, 0.3) is 0 Å². The minimum Gasteiger partial charge on any atom is -0.462 e. The molecule has 0 amide bonds. The largest absolute Gasteiger partial charge is 0.472 e. The first-order valence-electron chi connectivity index (χ1n) is 36.5. The number of aliphatic hydroxyl groups excluding tert-OH is 1. The maximum absolute atomic E-state index is 13.0. The molecule has 0 saturated heterocycles. The van der Waals surface area contributed by atoms with Crippen molar-refractivity contribution >= 4 is 39.5 Å². The summed E-state index contributed by atoms with van der Waals surface area (Å²) in [5.74, 6) is -0.628. The molecule has 3 N–H and O–H groups in total. The fraction of sp³-hybridized carbons (Fsp3) is 0.943. The Hall–Kier alpha value is -1.94. The van der Waals surface area contributed by atoms with E-state index in [0.29, 0.717) is 25.7 Å². The van der Waals surface area contributed by atoms with Gasteiger partial charge in [-0.15, -0.1) is 0 Å². The van der Waals surface area contributed by atoms with Crippen molar-refractivity contribution in [2.24, 2.45) is 11.8 Å². The van der Waals surface area contributed by atoms with Crippen LogP contribution in [0.3, 0.4) is 0 Å². The lowest BCUT2D eigenvalue weighted by atomic mass is 10.00. The highest BCUT2D eigenvalue weighted by atomic mass is 31.2. The molecule has 0 saturated carbocycles. The molecule has 0 aromatic heterocycles. The van der Waals surface area contributed by atoms with Crippen molar-refractivity contribution in [3.05, 3.63) is 0 Å². The Morgan fingerprint density at radius 1 is 0.326 bits per heavy atom. The Morgan fingerprint density at radius 2 is 0.573 bits per heavy atom. The number of unbranched alkanes of at least 4 members (excludes halogenated alkanes) is 38. The summed E-state index contributed by atoms with van der Waals surface area (Å²) in [7, 11) is -9.89. The Labute approximate surface area is 543 Å². The smallest absolute Gasteiger partial charge is 0.462 e. The second kappa shape index (κ2) is 62.2. The molecule has 0 aromatic rings. The van der Waals surface area contributed by atoms with Crippen LogP contribution in [0.4, 0.5) is 0 Å². The summed E-state index contributed by atoms with van der Waals surface area (Å²) in [5.41, 5.74) is 0. The van der Waals surface area contributed by atoms with Crippen LogP contribution in [-0.2, 0) is 65.4 Å². The van der Waals surface area contributed by atoms with Gasteiger partial charge in [0.2, 0.25) is 0 Å². The van der Waals surface area contributed by atoms with E-state index < -0.39 is 97.5 Å². The number of hydrogen-bond donors (Lipinski definition) is 3. The number of phosphoric acid groups is 2. The van der Waals surface area contributed by atoms with E-state index >= 15 is 0 Å². The third-order valence-electron chi connectivity index (χ3n) is 16.6. The summed E-state index contributed by atoms with van der Waals surface area (Å²) < 4.78 is 68.2. The van der Waals surface area contributed by atoms with Gasteiger partial charge in [-0.05, 0) is 37.5 Å². The molecule has 17 nitrogen and oxygen atoms in total. The Morgan fingerprint density at radius 3 is 0.854 bits per heavy atom. The van der Waals surface area contributed by atoms with Gasteiger partial charge < -0.3 is 33.8 Å². The lowest BCUT2D eigenvalue weighted by Crippen LogP contribution is -2.30.